The lowest BCUT2D eigenvalue weighted by Gasteiger charge is -2.24. The lowest BCUT2D eigenvalue weighted by molar-refractivity contribution is -0.141. The first-order valence-electron chi connectivity index (χ1n) is 9.74. The van der Waals surface area contributed by atoms with Crippen molar-refractivity contribution in [1.29, 1.82) is 0 Å². The number of carboxylic acid groups (broad SMARTS) is 1. The first-order valence-corrected chi connectivity index (χ1v) is 10.4. The summed E-state index contributed by atoms with van der Waals surface area (Å²) in [4.78, 5) is 48.3. The number of hydrogen-bond donors (Lipinski definition) is 6. The summed E-state index contributed by atoms with van der Waals surface area (Å²) in [5, 5.41) is 16.8. The molecule has 3 atom stereocenters. The van der Waals surface area contributed by atoms with Gasteiger partial charge in [-0.3, -0.25) is 14.4 Å². The van der Waals surface area contributed by atoms with Crippen LogP contribution in [0.2, 0.25) is 0 Å². The van der Waals surface area contributed by atoms with E-state index in [1.807, 2.05) is 6.07 Å². The summed E-state index contributed by atoms with van der Waals surface area (Å²) < 4.78 is 0. The van der Waals surface area contributed by atoms with E-state index in [0.717, 1.165) is 5.56 Å². The molecule has 166 valence electrons. The van der Waals surface area contributed by atoms with Gasteiger partial charge in [-0.2, -0.15) is 12.6 Å². The number of hydrogen-bond acceptors (Lipinski definition) is 6. The highest BCUT2D eigenvalue weighted by Gasteiger charge is 2.28. The first kappa shape index (κ1) is 25.4. The van der Waals surface area contributed by atoms with Crippen LogP contribution in [0.1, 0.15) is 31.7 Å². The van der Waals surface area contributed by atoms with Crippen molar-refractivity contribution in [3.8, 4) is 0 Å². The van der Waals surface area contributed by atoms with Crippen molar-refractivity contribution < 1.29 is 24.3 Å². The third-order valence-electron chi connectivity index (χ3n) is 4.35. The van der Waals surface area contributed by atoms with E-state index in [9.17, 15) is 24.3 Å². The Balaban J connectivity index is 2.97. The molecule has 6 N–H and O–H groups in total. The molecule has 30 heavy (non-hydrogen) atoms. The molecule has 9 nitrogen and oxygen atoms in total. The third kappa shape index (κ3) is 9.27. The SMILES string of the molecule is CC(=O)N[C@@H](CCCCN)C(=O)N[C@@H](Cc1ccccc1)C(=O)N[C@@H](CS)C(=O)O. The summed E-state index contributed by atoms with van der Waals surface area (Å²) >= 11 is 3.94. The van der Waals surface area contributed by atoms with Crippen LogP contribution in [-0.4, -0.2) is 59.2 Å². The molecule has 1 aromatic rings. The lowest BCUT2D eigenvalue weighted by Crippen LogP contribution is -2.56. The highest BCUT2D eigenvalue weighted by Crippen LogP contribution is 2.07. The van der Waals surface area contributed by atoms with Crippen molar-refractivity contribution in [2.45, 2.75) is 50.7 Å². The Morgan fingerprint density at radius 2 is 1.57 bits per heavy atom. The Labute approximate surface area is 181 Å². The molecule has 0 aromatic heterocycles. The molecule has 0 aliphatic rings. The minimum Gasteiger partial charge on any atom is -0.480 e. The minimum absolute atomic E-state index is 0.0965. The molecule has 0 unspecified atom stereocenters. The van der Waals surface area contributed by atoms with E-state index in [1.165, 1.54) is 6.92 Å². The van der Waals surface area contributed by atoms with Crippen molar-refractivity contribution in [2.75, 3.05) is 12.3 Å². The summed E-state index contributed by atoms with van der Waals surface area (Å²) in [7, 11) is 0. The smallest absolute Gasteiger partial charge is 0.327 e. The molecule has 0 saturated carbocycles. The fraction of sp³-hybridized carbons (Fsp3) is 0.500. The normalized spacial score (nSPS) is 13.6. The predicted molar refractivity (Wildman–Crippen MR) is 116 cm³/mol. The molecule has 0 bridgehead atoms. The largest absolute Gasteiger partial charge is 0.480 e. The van der Waals surface area contributed by atoms with Crippen LogP contribution in [0.4, 0.5) is 0 Å². The second kappa shape index (κ2) is 13.6. The lowest BCUT2D eigenvalue weighted by atomic mass is 10.0. The van der Waals surface area contributed by atoms with E-state index in [0.29, 0.717) is 25.8 Å². The number of benzene rings is 1. The van der Waals surface area contributed by atoms with E-state index in [2.05, 4.69) is 28.6 Å². The maximum absolute atomic E-state index is 12.8. The third-order valence-corrected chi connectivity index (χ3v) is 4.72. The molecular weight excluding hydrogens is 408 g/mol. The molecule has 1 rings (SSSR count). The maximum Gasteiger partial charge on any atom is 0.327 e. The van der Waals surface area contributed by atoms with Crippen LogP contribution in [0.15, 0.2) is 30.3 Å². The van der Waals surface area contributed by atoms with E-state index >= 15 is 0 Å². The Kier molecular flexibility index (Phi) is 11.5. The molecule has 0 fully saturated rings. The molecule has 0 heterocycles. The van der Waals surface area contributed by atoms with Crippen molar-refractivity contribution in [3.63, 3.8) is 0 Å². The molecule has 1 aromatic carbocycles. The Morgan fingerprint density at radius 3 is 2.10 bits per heavy atom. The van der Waals surface area contributed by atoms with Crippen LogP contribution < -0.4 is 21.7 Å². The highest BCUT2D eigenvalue weighted by atomic mass is 32.1. The van der Waals surface area contributed by atoms with Crippen molar-refractivity contribution in [3.05, 3.63) is 35.9 Å². The number of nitrogens with two attached hydrogens (primary N) is 1. The van der Waals surface area contributed by atoms with Gasteiger partial charge in [-0.05, 0) is 31.4 Å². The van der Waals surface area contributed by atoms with Crippen molar-refractivity contribution in [1.82, 2.24) is 16.0 Å². The zero-order valence-corrected chi connectivity index (χ0v) is 17.9. The van der Waals surface area contributed by atoms with Gasteiger partial charge in [-0.25, -0.2) is 4.79 Å². The van der Waals surface area contributed by atoms with Crippen molar-refractivity contribution >= 4 is 36.3 Å². The fourth-order valence-corrected chi connectivity index (χ4v) is 3.04. The molecule has 3 amide bonds. The number of nitrogens with one attached hydrogen (secondary N) is 3. The number of unbranched alkanes of at least 4 members (excludes halogenated alkanes) is 1. The van der Waals surface area contributed by atoms with E-state index in [-0.39, 0.29) is 18.1 Å². The predicted octanol–water partition coefficient (Wildman–Crippen LogP) is -0.153. The van der Waals surface area contributed by atoms with Crippen LogP contribution in [0.25, 0.3) is 0 Å². The monoisotopic (exact) mass is 438 g/mol. The van der Waals surface area contributed by atoms with Crippen molar-refractivity contribution in [2.24, 2.45) is 5.73 Å². The Hall–Kier alpha value is -2.59. The summed E-state index contributed by atoms with van der Waals surface area (Å²) in [6.45, 7) is 1.77. The van der Waals surface area contributed by atoms with Gasteiger partial charge in [-0.1, -0.05) is 30.3 Å². The highest BCUT2D eigenvalue weighted by molar-refractivity contribution is 7.80. The van der Waals surface area contributed by atoms with E-state index < -0.39 is 35.9 Å². The number of thiol groups is 1. The van der Waals surface area contributed by atoms with Gasteiger partial charge < -0.3 is 26.8 Å². The number of aliphatic carboxylic acids is 1. The second-order valence-electron chi connectivity index (χ2n) is 6.87. The summed E-state index contributed by atoms with van der Waals surface area (Å²) in [6, 6.07) is 5.99. The van der Waals surface area contributed by atoms with Gasteiger partial charge in [0.2, 0.25) is 17.7 Å². The van der Waals surface area contributed by atoms with E-state index in [4.69, 9.17) is 5.73 Å². The summed E-state index contributed by atoms with van der Waals surface area (Å²) in [6.07, 6.45) is 1.86. The minimum atomic E-state index is -1.22. The zero-order valence-electron chi connectivity index (χ0n) is 17.0. The van der Waals surface area contributed by atoms with Gasteiger partial charge in [-0.15, -0.1) is 0 Å². The van der Waals surface area contributed by atoms with Gasteiger partial charge in [0.15, 0.2) is 0 Å². The van der Waals surface area contributed by atoms with Gasteiger partial charge in [0.25, 0.3) is 0 Å². The number of carbonyl (C=O) groups excluding carboxylic acids is 3. The zero-order chi connectivity index (χ0) is 22.5. The summed E-state index contributed by atoms with van der Waals surface area (Å²) in [5.74, 6) is -2.84. The Morgan fingerprint density at radius 1 is 0.967 bits per heavy atom. The van der Waals surface area contributed by atoms with Crippen LogP contribution in [0.5, 0.6) is 0 Å². The molecular formula is C20H30N4O5S. The molecule has 0 aliphatic carbocycles. The van der Waals surface area contributed by atoms with Gasteiger partial charge in [0.05, 0.1) is 0 Å². The number of carbonyl (C=O) groups is 4. The fourth-order valence-electron chi connectivity index (χ4n) is 2.80. The number of carboxylic acids is 1. The average Bonchev–Trinajstić information content (AvgIpc) is 2.70. The van der Waals surface area contributed by atoms with Crippen LogP contribution in [-0.2, 0) is 25.6 Å². The van der Waals surface area contributed by atoms with Crippen LogP contribution in [0.3, 0.4) is 0 Å². The first-order chi connectivity index (χ1) is 14.3. The molecule has 0 radical (unpaired) electrons. The summed E-state index contributed by atoms with van der Waals surface area (Å²) in [5.41, 5.74) is 6.27. The van der Waals surface area contributed by atoms with Gasteiger partial charge in [0, 0.05) is 19.1 Å². The molecule has 10 heteroatoms. The number of rotatable bonds is 13. The van der Waals surface area contributed by atoms with E-state index in [1.54, 1.807) is 24.3 Å². The Bertz CT molecular complexity index is 716. The number of amides is 3. The topological polar surface area (TPSA) is 151 Å². The quantitative estimate of drug-likeness (QED) is 0.186. The maximum atomic E-state index is 12.8. The van der Waals surface area contributed by atoms with Crippen LogP contribution >= 0.6 is 12.6 Å². The molecule has 0 spiro atoms. The molecule has 0 saturated heterocycles. The van der Waals surface area contributed by atoms with Crippen LogP contribution in [0, 0.1) is 0 Å². The molecule has 0 aliphatic heterocycles. The van der Waals surface area contributed by atoms with Gasteiger partial charge >= 0.3 is 5.97 Å². The second-order valence-corrected chi connectivity index (χ2v) is 7.24. The van der Waals surface area contributed by atoms with Gasteiger partial charge in [0.1, 0.15) is 18.1 Å². The standard InChI is InChI=1S/C20H30N4O5S/c1-13(25)22-15(9-5-6-10-21)18(26)23-16(11-14-7-3-2-4-8-14)19(27)24-17(12-30)20(28)29/h2-4,7-8,15-17,30H,5-6,9-12,21H2,1H3,(H,22,25)(H,23,26)(H,24,27)(H,28,29)/t15-,16-,17-/m0/s1. The average molecular weight is 439 g/mol.